The zero-order valence-electron chi connectivity index (χ0n) is 58.7. The Bertz CT molecular complexity index is 2090. The number of carbonyl (C=O) groups excluding carboxylic acids is 1. The van der Waals surface area contributed by atoms with Crippen molar-refractivity contribution in [3.63, 3.8) is 0 Å². The Balaban J connectivity index is 1.70. The molecule has 94 heavy (non-hydrogen) atoms. The smallest absolute Gasteiger partial charge is 0.220 e. The third kappa shape index (κ3) is 45.6. The van der Waals surface area contributed by atoms with Gasteiger partial charge in [0.1, 0.15) is 48.8 Å². The SMILES string of the molecule is CC/C=C\C/C=C\C/C=C\C/C=C\C/C=C\C/C=C\C/C=C\C/C=C\CCCCCCCCCCC(=O)NC(COC1OC(CO)C(OC2OC(CO)C(O)C(O)C2O)C(O)C1O)C(O)/C=C/CC/C=C/CC/C=C/CCCCCCCCCCCCCCCCCCC. The molecule has 12 atom stereocenters. The van der Waals surface area contributed by atoms with Crippen LogP contribution >= 0.6 is 0 Å². The first-order valence-corrected chi connectivity index (χ1v) is 37.4. The molecular weight excluding hydrogens is 1180 g/mol. The highest BCUT2D eigenvalue weighted by Gasteiger charge is 2.51. The summed E-state index contributed by atoms with van der Waals surface area (Å²) in [5.74, 6) is -0.266. The van der Waals surface area contributed by atoms with Gasteiger partial charge >= 0.3 is 0 Å². The van der Waals surface area contributed by atoms with Crippen LogP contribution < -0.4 is 5.32 Å². The monoisotopic (exact) mass is 1320 g/mol. The zero-order chi connectivity index (χ0) is 68.0. The molecule has 14 nitrogen and oxygen atoms in total. The molecule has 14 heteroatoms. The quantitative estimate of drug-likeness (QED) is 0.0204. The van der Waals surface area contributed by atoms with Crippen LogP contribution in [-0.2, 0) is 23.7 Å². The summed E-state index contributed by atoms with van der Waals surface area (Å²) in [5.41, 5.74) is 0. The Morgan fingerprint density at radius 3 is 1.17 bits per heavy atom. The van der Waals surface area contributed by atoms with E-state index < -0.39 is 86.8 Å². The van der Waals surface area contributed by atoms with Crippen LogP contribution in [0.4, 0.5) is 0 Å². The number of carbonyl (C=O) groups is 1. The maximum Gasteiger partial charge on any atom is 0.220 e. The molecule has 12 unspecified atom stereocenters. The Morgan fingerprint density at radius 2 is 0.745 bits per heavy atom. The summed E-state index contributed by atoms with van der Waals surface area (Å²) in [6, 6.07) is -0.955. The molecule has 2 saturated heterocycles. The maximum absolute atomic E-state index is 13.4. The lowest BCUT2D eigenvalue weighted by Crippen LogP contribution is -2.65. The van der Waals surface area contributed by atoms with Crippen molar-refractivity contribution in [2.75, 3.05) is 19.8 Å². The van der Waals surface area contributed by atoms with Crippen LogP contribution in [0.2, 0.25) is 0 Å². The van der Waals surface area contributed by atoms with Gasteiger partial charge in [-0.05, 0) is 109 Å². The molecule has 0 bridgehead atoms. The molecule has 0 aromatic rings. The van der Waals surface area contributed by atoms with Gasteiger partial charge in [-0.1, -0.05) is 289 Å². The standard InChI is InChI=1S/C80H135NO13/c1-3-5-7-9-11-13-15-17-19-21-23-25-27-29-31-32-33-34-35-36-38-40-42-44-46-48-50-52-54-56-58-60-62-64-72(85)81-68(67-91-79-77(90)75(88)78(71(66-83)93-79)94-80-76(89)74(87)73(86)70(65-82)92-80)69(84)63-61-59-57-55-53-51-49-47-45-43-41-39-37-30-28-26-24-22-20-18-16-14-12-10-8-6-4-2/h5,7,11,13,17,19,23,25,29,31,33-34,36,38,42,44-45,47,53,55,61,63,68-71,73-80,82-84,86-90H,3-4,6,8-10,12,14-16,18,20-22,24,26-28,30,32,35,37,39-41,43,46,48-52,54,56-60,62,64-67H2,1-2H3,(H,81,85)/b7-5-,13-11-,19-17-,25-23-,31-29-,34-33-,38-36-,44-42-,47-45+,55-53+,63-61+. The van der Waals surface area contributed by atoms with Crippen LogP contribution in [0.3, 0.4) is 0 Å². The number of amides is 1. The number of allylic oxidation sites excluding steroid dienone is 21. The molecule has 2 rings (SSSR count). The Hall–Kier alpha value is -3.87. The van der Waals surface area contributed by atoms with Gasteiger partial charge in [0.05, 0.1) is 32.0 Å². The summed E-state index contributed by atoms with van der Waals surface area (Å²) in [5, 5.41) is 87.5. The summed E-state index contributed by atoms with van der Waals surface area (Å²) in [6.07, 6.45) is 76.5. The van der Waals surface area contributed by atoms with Crippen LogP contribution in [0, 0.1) is 0 Å². The van der Waals surface area contributed by atoms with Crippen molar-refractivity contribution in [2.24, 2.45) is 0 Å². The van der Waals surface area contributed by atoms with Gasteiger partial charge in [0.2, 0.25) is 5.91 Å². The van der Waals surface area contributed by atoms with E-state index >= 15 is 0 Å². The molecule has 0 aliphatic carbocycles. The fraction of sp³-hybridized carbons (Fsp3) is 0.713. The van der Waals surface area contributed by atoms with Crippen LogP contribution in [0.15, 0.2) is 134 Å². The Kier molecular flexibility index (Phi) is 57.4. The summed E-state index contributed by atoms with van der Waals surface area (Å²) < 4.78 is 22.8. The number of unbranched alkanes of at least 4 members (excludes halogenated alkanes) is 27. The molecule has 0 saturated carbocycles. The summed E-state index contributed by atoms with van der Waals surface area (Å²) in [6.45, 7) is 2.67. The molecule has 2 aliphatic rings. The van der Waals surface area contributed by atoms with E-state index in [0.717, 1.165) is 109 Å². The second kappa shape index (κ2) is 62.6. The highest BCUT2D eigenvalue weighted by molar-refractivity contribution is 5.76. The van der Waals surface area contributed by atoms with E-state index in [1.165, 1.54) is 128 Å². The van der Waals surface area contributed by atoms with E-state index in [1.807, 2.05) is 6.08 Å². The van der Waals surface area contributed by atoms with Crippen molar-refractivity contribution in [1.29, 1.82) is 0 Å². The predicted molar refractivity (Wildman–Crippen MR) is 387 cm³/mol. The van der Waals surface area contributed by atoms with Crippen molar-refractivity contribution < 1.29 is 64.6 Å². The molecule has 0 radical (unpaired) electrons. The van der Waals surface area contributed by atoms with Gasteiger partial charge in [-0.15, -0.1) is 0 Å². The third-order valence-corrected chi connectivity index (χ3v) is 17.3. The van der Waals surface area contributed by atoms with Crippen molar-refractivity contribution in [3.8, 4) is 0 Å². The number of hydrogen-bond donors (Lipinski definition) is 9. The van der Waals surface area contributed by atoms with E-state index in [9.17, 15) is 45.6 Å². The Morgan fingerprint density at radius 1 is 0.394 bits per heavy atom. The number of aliphatic hydroxyl groups is 8. The summed E-state index contributed by atoms with van der Waals surface area (Å²) in [4.78, 5) is 13.4. The second-order valence-electron chi connectivity index (χ2n) is 25.7. The fourth-order valence-electron chi connectivity index (χ4n) is 11.4. The van der Waals surface area contributed by atoms with E-state index in [1.54, 1.807) is 6.08 Å². The van der Waals surface area contributed by atoms with Crippen LogP contribution in [0.25, 0.3) is 0 Å². The molecule has 538 valence electrons. The van der Waals surface area contributed by atoms with E-state index in [0.29, 0.717) is 12.8 Å². The van der Waals surface area contributed by atoms with Crippen LogP contribution in [0.5, 0.6) is 0 Å². The summed E-state index contributed by atoms with van der Waals surface area (Å²) in [7, 11) is 0. The highest BCUT2D eigenvalue weighted by Crippen LogP contribution is 2.30. The first-order chi connectivity index (χ1) is 46.1. The largest absolute Gasteiger partial charge is 0.394 e. The zero-order valence-corrected chi connectivity index (χ0v) is 58.7. The lowest BCUT2D eigenvalue weighted by atomic mass is 9.97. The van der Waals surface area contributed by atoms with Gasteiger partial charge in [0, 0.05) is 6.42 Å². The number of hydrogen-bond acceptors (Lipinski definition) is 13. The number of aliphatic hydroxyl groups excluding tert-OH is 8. The normalized spacial score (nSPS) is 23.3. The topological polar surface area (TPSA) is 228 Å². The minimum absolute atomic E-state index is 0.251. The second-order valence-corrected chi connectivity index (χ2v) is 25.7. The molecule has 2 fully saturated rings. The molecule has 0 aromatic heterocycles. The fourth-order valence-corrected chi connectivity index (χ4v) is 11.4. The minimum Gasteiger partial charge on any atom is -0.394 e. The van der Waals surface area contributed by atoms with Crippen molar-refractivity contribution in [2.45, 2.75) is 344 Å². The van der Waals surface area contributed by atoms with Gasteiger partial charge in [0.25, 0.3) is 0 Å². The van der Waals surface area contributed by atoms with Crippen molar-refractivity contribution in [3.05, 3.63) is 134 Å². The molecule has 1 amide bonds. The molecule has 9 N–H and O–H groups in total. The molecule has 0 spiro atoms. The molecule has 2 heterocycles. The van der Waals surface area contributed by atoms with E-state index in [2.05, 4.69) is 141 Å². The highest BCUT2D eigenvalue weighted by atomic mass is 16.7. The minimum atomic E-state index is -1.80. The van der Waals surface area contributed by atoms with E-state index in [-0.39, 0.29) is 18.9 Å². The van der Waals surface area contributed by atoms with Gasteiger partial charge in [-0.2, -0.15) is 0 Å². The first kappa shape index (κ1) is 86.2. The average molecular weight is 1320 g/mol. The lowest BCUT2D eigenvalue weighted by Gasteiger charge is -2.46. The number of nitrogens with one attached hydrogen (secondary N) is 1. The van der Waals surface area contributed by atoms with Crippen LogP contribution in [-0.4, -0.2) is 140 Å². The molecule has 0 aromatic carbocycles. The van der Waals surface area contributed by atoms with Gasteiger partial charge in [0.15, 0.2) is 12.6 Å². The van der Waals surface area contributed by atoms with Crippen molar-refractivity contribution >= 4 is 5.91 Å². The van der Waals surface area contributed by atoms with Crippen molar-refractivity contribution in [1.82, 2.24) is 5.32 Å². The Labute approximate surface area is 570 Å². The lowest BCUT2D eigenvalue weighted by molar-refractivity contribution is -0.359. The molecule has 2 aliphatic heterocycles. The molecular formula is C80H135NO13. The number of rotatable bonds is 60. The maximum atomic E-state index is 13.4. The van der Waals surface area contributed by atoms with Gasteiger partial charge in [-0.25, -0.2) is 0 Å². The summed E-state index contributed by atoms with van der Waals surface area (Å²) >= 11 is 0. The van der Waals surface area contributed by atoms with Gasteiger partial charge < -0.3 is 65.1 Å². The van der Waals surface area contributed by atoms with Gasteiger partial charge in [-0.3, -0.25) is 4.79 Å². The van der Waals surface area contributed by atoms with Crippen LogP contribution in [0.1, 0.15) is 271 Å². The third-order valence-electron chi connectivity index (χ3n) is 17.3. The number of ether oxygens (including phenoxy) is 4. The first-order valence-electron chi connectivity index (χ1n) is 37.4. The predicted octanol–water partition coefficient (Wildman–Crippen LogP) is 16.2. The average Bonchev–Trinajstić information content (AvgIpc) is 0.794. The van der Waals surface area contributed by atoms with E-state index in [4.69, 9.17) is 18.9 Å².